The van der Waals surface area contributed by atoms with E-state index < -0.39 is 0 Å². The van der Waals surface area contributed by atoms with Crippen LogP contribution in [0.1, 0.15) is 27.0 Å². The van der Waals surface area contributed by atoms with Gasteiger partial charge in [-0.05, 0) is 47.9 Å². The van der Waals surface area contributed by atoms with Crippen molar-refractivity contribution in [3.05, 3.63) is 126 Å². The highest BCUT2D eigenvalue weighted by molar-refractivity contribution is 5.97. The minimum atomic E-state index is 0.0291. The molecule has 0 bridgehead atoms. The van der Waals surface area contributed by atoms with Crippen molar-refractivity contribution in [2.75, 3.05) is 0 Å². The van der Waals surface area contributed by atoms with E-state index in [0.717, 1.165) is 16.8 Å². The largest absolute Gasteiger partial charge is 0.330 e. The Bertz CT molecular complexity index is 1080. The molecule has 0 atom stereocenters. The van der Waals surface area contributed by atoms with Crippen LogP contribution in [0.5, 0.6) is 0 Å². The number of nitrogens with zero attached hydrogens (tertiary/aromatic N) is 2. The van der Waals surface area contributed by atoms with E-state index in [2.05, 4.69) is 31.2 Å². The van der Waals surface area contributed by atoms with Crippen LogP contribution in [0, 0.1) is 6.92 Å². The number of benzene rings is 3. The first-order valence-electron chi connectivity index (χ1n) is 9.82. The number of aromatic nitrogens is 1. The molecular weight excluding hydrogens is 356 g/mol. The Hall–Kier alpha value is -3.59. The summed E-state index contributed by atoms with van der Waals surface area (Å²) in [5.41, 5.74) is 5.07. The third-order valence-electron chi connectivity index (χ3n) is 5.14. The average Bonchev–Trinajstić information content (AvgIpc) is 3.30. The number of carbonyl (C=O) groups excluding carboxylic acids is 1. The van der Waals surface area contributed by atoms with Crippen molar-refractivity contribution in [2.24, 2.45) is 0 Å². The number of para-hydroxylation sites is 1. The number of rotatable bonds is 6. The van der Waals surface area contributed by atoms with E-state index in [1.165, 1.54) is 5.56 Å². The molecule has 29 heavy (non-hydrogen) atoms. The second-order valence-electron chi connectivity index (χ2n) is 7.18. The second-order valence-corrected chi connectivity index (χ2v) is 7.18. The first kappa shape index (κ1) is 18.8. The lowest BCUT2D eigenvalue weighted by Crippen LogP contribution is -2.31. The summed E-state index contributed by atoms with van der Waals surface area (Å²) in [5.74, 6) is 0.0291. The highest BCUT2D eigenvalue weighted by Crippen LogP contribution is 2.21. The summed E-state index contributed by atoms with van der Waals surface area (Å²) in [6, 6.07) is 30.1. The molecular formula is C26H24N2O. The lowest BCUT2D eigenvalue weighted by molar-refractivity contribution is 0.0730. The molecule has 0 aliphatic carbocycles. The number of carbonyl (C=O) groups is 1. The summed E-state index contributed by atoms with van der Waals surface area (Å²) >= 11 is 0. The van der Waals surface area contributed by atoms with Gasteiger partial charge >= 0.3 is 0 Å². The summed E-state index contributed by atoms with van der Waals surface area (Å²) in [6.07, 6.45) is 3.93. The van der Waals surface area contributed by atoms with Gasteiger partial charge in [0.2, 0.25) is 0 Å². The smallest absolute Gasteiger partial charge is 0.256 e. The summed E-state index contributed by atoms with van der Waals surface area (Å²) in [5, 5.41) is 0. The van der Waals surface area contributed by atoms with Crippen LogP contribution in [-0.2, 0) is 13.1 Å². The quantitative estimate of drug-likeness (QED) is 0.426. The molecule has 3 heteroatoms. The molecule has 0 spiro atoms. The summed E-state index contributed by atoms with van der Waals surface area (Å²) in [7, 11) is 0. The lowest BCUT2D eigenvalue weighted by Gasteiger charge is -2.25. The Morgan fingerprint density at radius 1 is 0.759 bits per heavy atom. The maximum Gasteiger partial charge on any atom is 0.256 e. The van der Waals surface area contributed by atoms with Crippen molar-refractivity contribution >= 4 is 5.91 Å². The van der Waals surface area contributed by atoms with E-state index in [1.807, 2.05) is 88.6 Å². The molecule has 1 amide bonds. The van der Waals surface area contributed by atoms with Crippen molar-refractivity contribution in [1.29, 1.82) is 0 Å². The van der Waals surface area contributed by atoms with E-state index in [4.69, 9.17) is 0 Å². The molecule has 0 saturated carbocycles. The maximum absolute atomic E-state index is 13.7. The maximum atomic E-state index is 13.7. The summed E-state index contributed by atoms with van der Waals surface area (Å²) in [6.45, 7) is 3.22. The fraction of sp³-hybridized carbons (Fsp3) is 0.115. The van der Waals surface area contributed by atoms with Crippen LogP contribution in [0.2, 0.25) is 0 Å². The minimum absolute atomic E-state index is 0.0291. The zero-order valence-electron chi connectivity index (χ0n) is 16.5. The topological polar surface area (TPSA) is 25.2 Å². The monoisotopic (exact) mass is 380 g/mol. The SMILES string of the molecule is Cc1ccccc1CN(Cc1ccccc1)C(=O)c1ccccc1-n1cccc1. The fourth-order valence-electron chi connectivity index (χ4n) is 3.54. The molecule has 4 rings (SSSR count). The molecule has 144 valence electrons. The molecule has 0 saturated heterocycles. The van der Waals surface area contributed by atoms with Crippen LogP contribution in [0.25, 0.3) is 5.69 Å². The van der Waals surface area contributed by atoms with Crippen molar-refractivity contribution < 1.29 is 4.79 Å². The Balaban J connectivity index is 1.71. The number of hydrogen-bond acceptors (Lipinski definition) is 1. The minimum Gasteiger partial charge on any atom is -0.330 e. The molecule has 4 aromatic rings. The van der Waals surface area contributed by atoms with Gasteiger partial charge in [-0.1, -0.05) is 66.7 Å². The third-order valence-corrected chi connectivity index (χ3v) is 5.14. The van der Waals surface area contributed by atoms with Gasteiger partial charge in [-0.2, -0.15) is 0 Å². The first-order chi connectivity index (χ1) is 14.2. The first-order valence-corrected chi connectivity index (χ1v) is 9.82. The van der Waals surface area contributed by atoms with Crippen LogP contribution in [0.4, 0.5) is 0 Å². The van der Waals surface area contributed by atoms with Gasteiger partial charge in [0.25, 0.3) is 5.91 Å². The zero-order chi connectivity index (χ0) is 20.1. The molecule has 0 fully saturated rings. The molecule has 3 nitrogen and oxygen atoms in total. The highest BCUT2D eigenvalue weighted by Gasteiger charge is 2.20. The van der Waals surface area contributed by atoms with E-state index >= 15 is 0 Å². The Morgan fingerprint density at radius 2 is 1.41 bits per heavy atom. The van der Waals surface area contributed by atoms with Gasteiger partial charge < -0.3 is 9.47 Å². The standard InChI is InChI=1S/C26H24N2O/c1-21-11-5-6-14-23(21)20-28(19-22-12-3-2-4-13-22)26(29)24-15-7-8-16-25(24)27-17-9-10-18-27/h2-18H,19-20H2,1H3. The van der Waals surface area contributed by atoms with Crippen LogP contribution in [-0.4, -0.2) is 15.4 Å². The molecule has 0 radical (unpaired) electrons. The predicted molar refractivity (Wildman–Crippen MR) is 117 cm³/mol. The van der Waals surface area contributed by atoms with Crippen LogP contribution < -0.4 is 0 Å². The number of amides is 1. The highest BCUT2D eigenvalue weighted by atomic mass is 16.2. The second kappa shape index (κ2) is 8.61. The molecule has 0 unspecified atom stereocenters. The fourth-order valence-corrected chi connectivity index (χ4v) is 3.54. The van der Waals surface area contributed by atoms with Crippen LogP contribution >= 0.6 is 0 Å². The summed E-state index contributed by atoms with van der Waals surface area (Å²) in [4.78, 5) is 15.6. The van der Waals surface area contributed by atoms with Crippen LogP contribution in [0.3, 0.4) is 0 Å². The number of hydrogen-bond donors (Lipinski definition) is 0. The van der Waals surface area contributed by atoms with Gasteiger partial charge in [0, 0.05) is 25.5 Å². The van der Waals surface area contributed by atoms with Gasteiger partial charge in [0.15, 0.2) is 0 Å². The van der Waals surface area contributed by atoms with E-state index in [1.54, 1.807) is 0 Å². The Kier molecular flexibility index (Phi) is 5.57. The average molecular weight is 380 g/mol. The van der Waals surface area contributed by atoms with Gasteiger partial charge in [-0.3, -0.25) is 4.79 Å². The van der Waals surface area contributed by atoms with Crippen LogP contribution in [0.15, 0.2) is 103 Å². The van der Waals surface area contributed by atoms with Gasteiger partial charge in [-0.25, -0.2) is 0 Å². The normalized spacial score (nSPS) is 10.7. The molecule has 0 N–H and O–H groups in total. The predicted octanol–water partition coefficient (Wildman–Crippen LogP) is 5.63. The van der Waals surface area contributed by atoms with Gasteiger partial charge in [0.05, 0.1) is 11.3 Å². The Morgan fingerprint density at radius 3 is 2.17 bits per heavy atom. The number of aryl methyl sites for hydroxylation is 1. The third kappa shape index (κ3) is 4.30. The van der Waals surface area contributed by atoms with Crippen molar-refractivity contribution in [3.63, 3.8) is 0 Å². The molecule has 0 aliphatic rings. The molecule has 0 aliphatic heterocycles. The van der Waals surface area contributed by atoms with Crippen molar-refractivity contribution in [3.8, 4) is 5.69 Å². The van der Waals surface area contributed by atoms with Gasteiger partial charge in [-0.15, -0.1) is 0 Å². The molecule has 3 aromatic carbocycles. The molecule has 1 heterocycles. The van der Waals surface area contributed by atoms with Gasteiger partial charge in [0.1, 0.15) is 0 Å². The zero-order valence-corrected chi connectivity index (χ0v) is 16.5. The van der Waals surface area contributed by atoms with Crippen molar-refractivity contribution in [1.82, 2.24) is 9.47 Å². The van der Waals surface area contributed by atoms with E-state index in [9.17, 15) is 4.79 Å². The Labute approximate surface area is 171 Å². The van der Waals surface area contributed by atoms with Crippen molar-refractivity contribution in [2.45, 2.75) is 20.0 Å². The van der Waals surface area contributed by atoms with E-state index in [0.29, 0.717) is 18.7 Å². The van der Waals surface area contributed by atoms with E-state index in [-0.39, 0.29) is 5.91 Å². The summed E-state index contributed by atoms with van der Waals surface area (Å²) < 4.78 is 1.99. The molecule has 1 aromatic heterocycles. The lowest BCUT2D eigenvalue weighted by atomic mass is 10.1.